The summed E-state index contributed by atoms with van der Waals surface area (Å²) >= 11 is 0. The van der Waals surface area contributed by atoms with E-state index in [1.807, 2.05) is 29.9 Å². The summed E-state index contributed by atoms with van der Waals surface area (Å²) in [6.07, 6.45) is 4.54. The number of ether oxygens (including phenoxy) is 1. The van der Waals surface area contributed by atoms with Crippen LogP contribution in [0.4, 0.5) is 0 Å². The second-order valence-corrected chi connectivity index (χ2v) is 5.33. The van der Waals surface area contributed by atoms with Gasteiger partial charge in [-0.2, -0.15) is 0 Å². The summed E-state index contributed by atoms with van der Waals surface area (Å²) in [4.78, 5) is 23.7. The lowest BCUT2D eigenvalue weighted by Crippen LogP contribution is -2.04. The van der Waals surface area contributed by atoms with Gasteiger partial charge in [-0.3, -0.25) is 4.79 Å². The molecule has 0 unspecified atom stereocenters. The third-order valence-corrected chi connectivity index (χ3v) is 4.12. The number of hydrogen-bond acceptors (Lipinski definition) is 3. The first-order chi connectivity index (χ1) is 9.61. The number of carbonyl (C=O) groups excluding carboxylic acids is 2. The number of hydrogen-bond donors (Lipinski definition) is 0. The Morgan fingerprint density at radius 3 is 2.85 bits per heavy atom. The predicted octanol–water partition coefficient (Wildman–Crippen LogP) is 2.80. The fraction of sp³-hybridized carbons (Fsp3) is 0.375. The van der Waals surface area contributed by atoms with E-state index in [1.54, 1.807) is 6.07 Å². The van der Waals surface area contributed by atoms with Crippen molar-refractivity contribution in [2.45, 2.75) is 25.2 Å². The number of Topliss-reactive ketones (excluding diaryl/α,β-unsaturated/α-hetero) is 1. The van der Waals surface area contributed by atoms with Crippen molar-refractivity contribution in [3.63, 3.8) is 0 Å². The molecule has 0 bridgehead atoms. The van der Waals surface area contributed by atoms with Crippen LogP contribution in [0.5, 0.6) is 0 Å². The minimum atomic E-state index is -0.348. The van der Waals surface area contributed by atoms with Crippen molar-refractivity contribution in [1.82, 2.24) is 4.57 Å². The van der Waals surface area contributed by atoms with Crippen LogP contribution >= 0.6 is 0 Å². The van der Waals surface area contributed by atoms with Crippen molar-refractivity contribution in [2.75, 3.05) is 7.11 Å². The number of fused-ring (bicyclic) bond motifs is 1. The average molecular weight is 271 g/mol. The fourth-order valence-electron chi connectivity index (χ4n) is 3.09. The van der Waals surface area contributed by atoms with Gasteiger partial charge < -0.3 is 9.30 Å². The number of esters is 1. The molecule has 1 aliphatic rings. The highest BCUT2D eigenvalue weighted by Crippen LogP contribution is 2.36. The van der Waals surface area contributed by atoms with Crippen molar-refractivity contribution in [1.29, 1.82) is 0 Å². The first-order valence-electron chi connectivity index (χ1n) is 6.82. The van der Waals surface area contributed by atoms with Crippen LogP contribution in [0.2, 0.25) is 0 Å². The molecule has 1 atom stereocenters. The number of ketones is 1. The van der Waals surface area contributed by atoms with Crippen molar-refractivity contribution >= 4 is 22.7 Å². The fourth-order valence-corrected chi connectivity index (χ4v) is 3.09. The number of methoxy groups -OCH3 is 1. The molecule has 4 heteroatoms. The van der Waals surface area contributed by atoms with Crippen LogP contribution in [0.25, 0.3) is 10.9 Å². The highest BCUT2D eigenvalue weighted by molar-refractivity contribution is 5.99. The molecule has 1 aromatic heterocycles. The third kappa shape index (κ3) is 1.92. The molecule has 1 saturated carbocycles. The van der Waals surface area contributed by atoms with Crippen LogP contribution in [-0.4, -0.2) is 23.4 Å². The van der Waals surface area contributed by atoms with E-state index < -0.39 is 0 Å². The van der Waals surface area contributed by atoms with E-state index >= 15 is 0 Å². The van der Waals surface area contributed by atoms with Crippen LogP contribution < -0.4 is 0 Å². The van der Waals surface area contributed by atoms with Crippen molar-refractivity contribution in [2.24, 2.45) is 7.05 Å². The minimum absolute atomic E-state index is 0.0217. The van der Waals surface area contributed by atoms with E-state index in [4.69, 9.17) is 4.74 Å². The first kappa shape index (κ1) is 12.9. The topological polar surface area (TPSA) is 48.3 Å². The largest absolute Gasteiger partial charge is 0.465 e. The summed E-state index contributed by atoms with van der Waals surface area (Å²) < 4.78 is 6.78. The van der Waals surface area contributed by atoms with Crippen LogP contribution in [0.15, 0.2) is 24.4 Å². The van der Waals surface area contributed by atoms with Gasteiger partial charge in [0.2, 0.25) is 0 Å². The number of carbonyl (C=O) groups is 2. The Bertz CT molecular complexity index is 699. The van der Waals surface area contributed by atoms with Crippen LogP contribution in [-0.2, 0) is 16.6 Å². The molecule has 0 saturated heterocycles. The zero-order valence-electron chi connectivity index (χ0n) is 11.7. The van der Waals surface area contributed by atoms with Crippen molar-refractivity contribution in [3.05, 3.63) is 35.5 Å². The predicted molar refractivity (Wildman–Crippen MR) is 75.9 cm³/mol. The standard InChI is InChI=1S/C16H17NO3/c1-17-9-13(11-4-3-5-15(11)18)12-8-10(16(19)20-2)6-7-14(12)17/h6-9,11H,3-5H2,1-2H3/t11-/m0/s1. The number of nitrogens with zero attached hydrogens (tertiary/aromatic N) is 1. The zero-order valence-corrected chi connectivity index (χ0v) is 11.7. The zero-order chi connectivity index (χ0) is 14.3. The Kier molecular flexibility index (Phi) is 3.08. The molecule has 2 aromatic rings. The second-order valence-electron chi connectivity index (χ2n) is 5.33. The Hall–Kier alpha value is -2.10. The molecule has 0 radical (unpaired) electrons. The molecule has 0 aliphatic heterocycles. The van der Waals surface area contributed by atoms with E-state index in [9.17, 15) is 9.59 Å². The Morgan fingerprint density at radius 2 is 2.20 bits per heavy atom. The normalized spacial score (nSPS) is 18.7. The third-order valence-electron chi connectivity index (χ3n) is 4.12. The molecule has 0 spiro atoms. The summed E-state index contributed by atoms with van der Waals surface area (Å²) in [5.74, 6) is -0.0629. The van der Waals surface area contributed by atoms with Gasteiger partial charge >= 0.3 is 5.97 Å². The van der Waals surface area contributed by atoms with Crippen molar-refractivity contribution < 1.29 is 14.3 Å². The molecule has 0 N–H and O–H groups in total. The highest BCUT2D eigenvalue weighted by Gasteiger charge is 2.28. The number of aryl methyl sites for hydroxylation is 1. The summed E-state index contributed by atoms with van der Waals surface area (Å²) in [7, 11) is 3.34. The smallest absolute Gasteiger partial charge is 0.337 e. The first-order valence-corrected chi connectivity index (χ1v) is 6.82. The molecule has 1 heterocycles. The second kappa shape index (κ2) is 4.78. The SMILES string of the molecule is COC(=O)c1ccc2c(c1)c([C@@H]1CCCC1=O)cn2C. The summed E-state index contributed by atoms with van der Waals surface area (Å²) in [5.41, 5.74) is 2.60. The van der Waals surface area contributed by atoms with Gasteiger partial charge in [-0.05, 0) is 36.6 Å². The number of aromatic nitrogens is 1. The molecule has 1 aliphatic carbocycles. The molecule has 4 nitrogen and oxygen atoms in total. The van der Waals surface area contributed by atoms with Gasteiger partial charge in [0, 0.05) is 36.5 Å². The minimum Gasteiger partial charge on any atom is -0.465 e. The van der Waals surface area contributed by atoms with Crippen molar-refractivity contribution in [3.8, 4) is 0 Å². The summed E-state index contributed by atoms with van der Waals surface area (Å²) in [5, 5.41) is 0.982. The Balaban J connectivity index is 2.16. The van der Waals surface area contributed by atoms with Gasteiger partial charge in [-0.25, -0.2) is 4.79 Å². The van der Waals surface area contributed by atoms with E-state index in [0.717, 1.165) is 29.3 Å². The van der Waals surface area contributed by atoms with E-state index in [2.05, 4.69) is 0 Å². The summed E-state index contributed by atoms with van der Waals surface area (Å²) in [6, 6.07) is 5.50. The van der Waals surface area contributed by atoms with E-state index in [1.165, 1.54) is 7.11 Å². The van der Waals surface area contributed by atoms with Gasteiger partial charge in [-0.1, -0.05) is 0 Å². The highest BCUT2D eigenvalue weighted by atomic mass is 16.5. The quantitative estimate of drug-likeness (QED) is 0.789. The molecular weight excluding hydrogens is 254 g/mol. The molecule has 20 heavy (non-hydrogen) atoms. The maximum atomic E-state index is 12.0. The summed E-state index contributed by atoms with van der Waals surface area (Å²) in [6.45, 7) is 0. The number of rotatable bonds is 2. The maximum absolute atomic E-state index is 12.0. The van der Waals surface area contributed by atoms with Crippen LogP contribution in [0, 0.1) is 0 Å². The van der Waals surface area contributed by atoms with Crippen LogP contribution in [0.1, 0.15) is 41.1 Å². The van der Waals surface area contributed by atoms with E-state index in [-0.39, 0.29) is 11.9 Å². The lowest BCUT2D eigenvalue weighted by atomic mass is 9.95. The molecule has 1 fully saturated rings. The van der Waals surface area contributed by atoms with Gasteiger partial charge in [0.25, 0.3) is 0 Å². The Morgan fingerprint density at radius 1 is 1.40 bits per heavy atom. The van der Waals surface area contributed by atoms with Crippen LogP contribution in [0.3, 0.4) is 0 Å². The maximum Gasteiger partial charge on any atom is 0.337 e. The lowest BCUT2D eigenvalue weighted by Gasteiger charge is -2.07. The monoisotopic (exact) mass is 271 g/mol. The molecule has 3 rings (SSSR count). The average Bonchev–Trinajstić information content (AvgIpc) is 3.01. The lowest BCUT2D eigenvalue weighted by molar-refractivity contribution is -0.118. The molecule has 0 amide bonds. The van der Waals surface area contributed by atoms with Gasteiger partial charge in [0.1, 0.15) is 5.78 Å². The molecule has 1 aromatic carbocycles. The van der Waals surface area contributed by atoms with Gasteiger partial charge in [-0.15, -0.1) is 0 Å². The van der Waals surface area contributed by atoms with Gasteiger partial charge in [0.15, 0.2) is 0 Å². The van der Waals surface area contributed by atoms with Gasteiger partial charge in [0.05, 0.1) is 12.7 Å². The Labute approximate surface area is 117 Å². The number of benzene rings is 1. The molecule has 104 valence electrons. The molecular formula is C16H17NO3. The van der Waals surface area contributed by atoms with E-state index in [0.29, 0.717) is 17.8 Å².